The van der Waals surface area contributed by atoms with Gasteiger partial charge in [-0.3, -0.25) is 9.20 Å². The first kappa shape index (κ1) is 14.6. The number of amides is 1. The molecule has 9 heteroatoms. The molecular weight excluding hydrogens is 308 g/mol. The van der Waals surface area contributed by atoms with Crippen LogP contribution < -0.4 is 11.0 Å². The summed E-state index contributed by atoms with van der Waals surface area (Å²) in [5.74, 6) is -0.571. The number of carbonyl (C=O) groups is 2. The van der Waals surface area contributed by atoms with Gasteiger partial charge in [0.05, 0.1) is 0 Å². The van der Waals surface area contributed by atoms with Gasteiger partial charge in [-0.25, -0.2) is 14.3 Å². The molecule has 1 saturated heterocycles. The number of carboxylic acids is 1. The van der Waals surface area contributed by atoms with Crippen molar-refractivity contribution in [1.29, 1.82) is 0 Å². The Hall–Kier alpha value is -2.29. The van der Waals surface area contributed by atoms with E-state index in [1.807, 2.05) is 0 Å². The summed E-state index contributed by atoms with van der Waals surface area (Å²) in [5, 5.41) is 15.9. The van der Waals surface area contributed by atoms with E-state index in [2.05, 4.69) is 10.4 Å². The van der Waals surface area contributed by atoms with Crippen molar-refractivity contribution < 1.29 is 14.7 Å². The highest BCUT2D eigenvalue weighted by molar-refractivity contribution is 7.99. The predicted molar refractivity (Wildman–Crippen MR) is 79.9 cm³/mol. The highest BCUT2D eigenvalue weighted by Gasteiger charge is 2.43. The Morgan fingerprint density at radius 2 is 2.27 bits per heavy atom. The molecule has 0 spiro atoms. The fourth-order valence-electron chi connectivity index (χ4n) is 2.40. The summed E-state index contributed by atoms with van der Waals surface area (Å²) in [4.78, 5) is 35.6. The average molecular weight is 322 g/mol. The van der Waals surface area contributed by atoms with Crippen LogP contribution in [-0.4, -0.2) is 48.2 Å². The van der Waals surface area contributed by atoms with Gasteiger partial charge in [-0.15, -0.1) is 5.10 Å². The number of nitrogens with one attached hydrogen (secondary N) is 1. The Morgan fingerprint density at radius 3 is 2.91 bits per heavy atom. The molecule has 0 aliphatic carbocycles. The highest BCUT2D eigenvalue weighted by atomic mass is 32.2. The monoisotopic (exact) mass is 322 g/mol. The van der Waals surface area contributed by atoms with Gasteiger partial charge in [-0.05, 0) is 24.3 Å². The number of carbonyl (C=O) groups excluding carboxylic acids is 1. The molecule has 0 saturated carbocycles. The molecule has 22 heavy (non-hydrogen) atoms. The molecule has 8 nitrogen and oxygen atoms in total. The molecule has 1 aliphatic rings. The maximum Gasteiger partial charge on any atom is 0.350 e. The zero-order chi connectivity index (χ0) is 15.7. The number of carboxylic acid groups (broad SMARTS) is 1. The van der Waals surface area contributed by atoms with Gasteiger partial charge in [0.25, 0.3) is 0 Å². The van der Waals surface area contributed by atoms with Gasteiger partial charge in [0.1, 0.15) is 12.1 Å². The zero-order valence-corrected chi connectivity index (χ0v) is 12.4. The molecule has 1 amide bonds. The standard InChI is InChI=1S/C13H14N4O4S/c18-10(14-13(11(19)20)4-6-22-8-13)7-17-12(21)16-5-2-1-3-9(16)15-17/h1-3,5H,4,6-8H2,(H,14,18)(H,19,20). The Morgan fingerprint density at radius 1 is 1.45 bits per heavy atom. The normalized spacial score (nSPS) is 21.1. The molecule has 1 fully saturated rings. The third-order valence-electron chi connectivity index (χ3n) is 3.59. The van der Waals surface area contributed by atoms with Crippen molar-refractivity contribution in [1.82, 2.24) is 19.5 Å². The number of fused-ring (bicyclic) bond motifs is 1. The molecule has 2 aromatic heterocycles. The van der Waals surface area contributed by atoms with E-state index >= 15 is 0 Å². The number of aromatic nitrogens is 3. The molecule has 2 N–H and O–H groups in total. The fourth-order valence-corrected chi connectivity index (χ4v) is 3.72. The van der Waals surface area contributed by atoms with Crippen molar-refractivity contribution in [3.8, 4) is 0 Å². The second-order valence-corrected chi connectivity index (χ2v) is 6.21. The first-order valence-electron chi connectivity index (χ1n) is 6.68. The lowest BCUT2D eigenvalue weighted by Crippen LogP contribution is -2.55. The van der Waals surface area contributed by atoms with Gasteiger partial charge in [-0.1, -0.05) is 6.07 Å². The fraction of sp³-hybridized carbons (Fsp3) is 0.385. The number of aliphatic carboxylic acids is 1. The Kier molecular flexibility index (Phi) is 3.65. The van der Waals surface area contributed by atoms with E-state index in [1.54, 1.807) is 24.4 Å². The quantitative estimate of drug-likeness (QED) is 0.791. The van der Waals surface area contributed by atoms with Crippen molar-refractivity contribution in [3.63, 3.8) is 0 Å². The lowest BCUT2D eigenvalue weighted by Gasteiger charge is -2.24. The first-order chi connectivity index (χ1) is 10.5. The van der Waals surface area contributed by atoms with Crippen LogP contribution in [-0.2, 0) is 16.1 Å². The van der Waals surface area contributed by atoms with Crippen LogP contribution in [0, 0.1) is 0 Å². The van der Waals surface area contributed by atoms with Crippen LogP contribution in [0.5, 0.6) is 0 Å². The van der Waals surface area contributed by atoms with Crippen LogP contribution in [0.15, 0.2) is 29.2 Å². The molecule has 3 heterocycles. The van der Waals surface area contributed by atoms with Gasteiger partial charge >= 0.3 is 11.7 Å². The molecule has 0 aromatic carbocycles. The predicted octanol–water partition coefficient (Wildman–Crippen LogP) is -0.427. The van der Waals surface area contributed by atoms with Gasteiger partial charge in [0, 0.05) is 11.9 Å². The van der Waals surface area contributed by atoms with E-state index in [0.29, 0.717) is 23.6 Å². The minimum atomic E-state index is -1.25. The van der Waals surface area contributed by atoms with Gasteiger partial charge in [0.2, 0.25) is 5.91 Å². The molecule has 0 radical (unpaired) electrons. The average Bonchev–Trinajstić information content (AvgIpc) is 3.06. The maximum absolute atomic E-state index is 12.1. The maximum atomic E-state index is 12.1. The van der Waals surface area contributed by atoms with Crippen LogP contribution in [0.25, 0.3) is 5.65 Å². The van der Waals surface area contributed by atoms with Crippen LogP contribution in [0.4, 0.5) is 0 Å². The summed E-state index contributed by atoms with van der Waals surface area (Å²) in [6.45, 7) is -0.305. The largest absolute Gasteiger partial charge is 0.479 e. The summed E-state index contributed by atoms with van der Waals surface area (Å²) in [5.41, 5.74) is -1.24. The molecule has 1 unspecified atom stereocenters. The van der Waals surface area contributed by atoms with Crippen molar-refractivity contribution in [2.75, 3.05) is 11.5 Å². The number of hydrogen-bond donors (Lipinski definition) is 2. The number of hydrogen-bond acceptors (Lipinski definition) is 5. The summed E-state index contributed by atoms with van der Waals surface area (Å²) < 4.78 is 2.36. The lowest BCUT2D eigenvalue weighted by atomic mass is 9.99. The number of nitrogens with zero attached hydrogens (tertiary/aromatic N) is 3. The molecular formula is C13H14N4O4S. The molecule has 1 atom stereocenters. The summed E-state index contributed by atoms with van der Waals surface area (Å²) >= 11 is 1.48. The van der Waals surface area contributed by atoms with Crippen LogP contribution in [0.1, 0.15) is 6.42 Å². The first-order valence-corrected chi connectivity index (χ1v) is 7.84. The van der Waals surface area contributed by atoms with Gasteiger partial charge in [-0.2, -0.15) is 11.8 Å². The second kappa shape index (κ2) is 5.48. The Balaban J connectivity index is 1.80. The minimum absolute atomic E-state index is 0.305. The molecule has 3 rings (SSSR count). The molecule has 116 valence electrons. The van der Waals surface area contributed by atoms with Crippen LogP contribution in [0.2, 0.25) is 0 Å². The highest BCUT2D eigenvalue weighted by Crippen LogP contribution is 2.28. The molecule has 1 aliphatic heterocycles. The second-order valence-electron chi connectivity index (χ2n) is 5.11. The minimum Gasteiger partial charge on any atom is -0.479 e. The van der Waals surface area contributed by atoms with E-state index in [-0.39, 0.29) is 6.54 Å². The Bertz CT molecular complexity index is 791. The zero-order valence-electron chi connectivity index (χ0n) is 11.6. The number of rotatable bonds is 4. The topological polar surface area (TPSA) is 106 Å². The lowest BCUT2D eigenvalue weighted by molar-refractivity contribution is -0.146. The van der Waals surface area contributed by atoms with Crippen molar-refractivity contribution >= 4 is 29.3 Å². The number of pyridine rings is 1. The van der Waals surface area contributed by atoms with Crippen molar-refractivity contribution in [2.45, 2.75) is 18.5 Å². The van der Waals surface area contributed by atoms with E-state index in [1.165, 1.54) is 16.2 Å². The van der Waals surface area contributed by atoms with Crippen LogP contribution in [0.3, 0.4) is 0 Å². The third kappa shape index (κ3) is 2.47. The summed E-state index contributed by atoms with van der Waals surface area (Å²) in [6, 6.07) is 5.08. The Labute approximate surface area is 129 Å². The van der Waals surface area contributed by atoms with E-state index in [0.717, 1.165) is 4.68 Å². The molecule has 2 aromatic rings. The summed E-state index contributed by atoms with van der Waals surface area (Å²) in [7, 11) is 0. The number of thioether (sulfide) groups is 1. The van der Waals surface area contributed by atoms with E-state index in [9.17, 15) is 19.5 Å². The van der Waals surface area contributed by atoms with E-state index in [4.69, 9.17) is 0 Å². The summed E-state index contributed by atoms with van der Waals surface area (Å²) in [6.07, 6.45) is 1.93. The van der Waals surface area contributed by atoms with Crippen molar-refractivity contribution in [3.05, 3.63) is 34.9 Å². The smallest absolute Gasteiger partial charge is 0.350 e. The van der Waals surface area contributed by atoms with Gasteiger partial charge < -0.3 is 10.4 Å². The SMILES string of the molecule is O=C(Cn1nc2ccccn2c1=O)NC1(C(=O)O)CCSC1. The molecule has 0 bridgehead atoms. The van der Waals surface area contributed by atoms with Crippen molar-refractivity contribution in [2.24, 2.45) is 0 Å². The van der Waals surface area contributed by atoms with Gasteiger partial charge in [0.15, 0.2) is 5.65 Å². The van der Waals surface area contributed by atoms with Crippen LogP contribution >= 0.6 is 11.8 Å². The third-order valence-corrected chi connectivity index (χ3v) is 4.78. The van der Waals surface area contributed by atoms with E-state index < -0.39 is 23.1 Å².